The lowest BCUT2D eigenvalue weighted by Gasteiger charge is -2.22. The Morgan fingerprint density at radius 1 is 1.40 bits per heavy atom. The second-order valence-corrected chi connectivity index (χ2v) is 3.83. The molecule has 0 saturated carbocycles. The summed E-state index contributed by atoms with van der Waals surface area (Å²) in [5.74, 6) is -0.256. The number of hydrogen-bond acceptors (Lipinski definition) is 3. The van der Waals surface area contributed by atoms with Crippen molar-refractivity contribution >= 4 is 17.4 Å². The zero-order valence-corrected chi connectivity index (χ0v) is 9.07. The number of rotatable bonds is 1. The van der Waals surface area contributed by atoms with Gasteiger partial charge in [0.05, 0.1) is 12.8 Å². The number of nitrogens with zero attached hydrogens (tertiary/aromatic N) is 1. The van der Waals surface area contributed by atoms with Crippen LogP contribution in [-0.4, -0.2) is 18.8 Å². The summed E-state index contributed by atoms with van der Waals surface area (Å²) in [6.45, 7) is 3.71. The summed E-state index contributed by atoms with van der Waals surface area (Å²) in [6.07, 6.45) is 0. The third-order valence-corrected chi connectivity index (χ3v) is 3.05. The van der Waals surface area contributed by atoms with Gasteiger partial charge in [0.2, 0.25) is 0 Å². The van der Waals surface area contributed by atoms with Gasteiger partial charge in [0.25, 0.3) is 0 Å². The van der Waals surface area contributed by atoms with Gasteiger partial charge in [-0.05, 0) is 19.9 Å². The topological polar surface area (TPSA) is 38.7 Å². The molecular weight excluding hydrogens is 190 g/mol. The minimum atomic E-state index is -0.717. The highest BCUT2D eigenvalue weighted by atomic mass is 16.5. The fraction of sp³-hybridized carbons (Fsp3) is 0.333. The molecule has 0 N–H and O–H groups in total. The fourth-order valence-corrected chi connectivity index (χ4v) is 1.94. The monoisotopic (exact) mass is 203 g/mol. The van der Waals surface area contributed by atoms with E-state index in [1.807, 2.05) is 38.1 Å². The number of methoxy groups -OCH3 is 1. The van der Waals surface area contributed by atoms with Gasteiger partial charge in [-0.3, -0.25) is 9.79 Å². The Balaban J connectivity index is 2.61. The van der Waals surface area contributed by atoms with E-state index in [1.165, 1.54) is 7.11 Å². The molecule has 15 heavy (non-hydrogen) atoms. The van der Waals surface area contributed by atoms with Crippen LogP contribution >= 0.6 is 0 Å². The van der Waals surface area contributed by atoms with E-state index in [0.717, 1.165) is 17.0 Å². The highest BCUT2D eigenvalue weighted by Crippen LogP contribution is 2.40. The second-order valence-electron chi connectivity index (χ2n) is 3.83. The third kappa shape index (κ3) is 1.19. The summed E-state index contributed by atoms with van der Waals surface area (Å²) in [6, 6.07) is 7.66. The average Bonchev–Trinajstić information content (AvgIpc) is 2.52. The molecule has 0 spiro atoms. The van der Waals surface area contributed by atoms with E-state index in [4.69, 9.17) is 4.74 Å². The Hall–Kier alpha value is -1.64. The maximum absolute atomic E-state index is 11.8. The average molecular weight is 203 g/mol. The zero-order chi connectivity index (χ0) is 11.1. The second kappa shape index (κ2) is 3.19. The first-order valence-corrected chi connectivity index (χ1v) is 4.84. The van der Waals surface area contributed by atoms with Gasteiger partial charge >= 0.3 is 5.97 Å². The van der Waals surface area contributed by atoms with Crippen molar-refractivity contribution in [2.24, 2.45) is 4.99 Å². The highest BCUT2D eigenvalue weighted by molar-refractivity contribution is 6.15. The van der Waals surface area contributed by atoms with Crippen LogP contribution in [0.5, 0.6) is 0 Å². The van der Waals surface area contributed by atoms with Crippen molar-refractivity contribution in [1.82, 2.24) is 0 Å². The van der Waals surface area contributed by atoms with Crippen LogP contribution in [-0.2, 0) is 14.9 Å². The van der Waals surface area contributed by atoms with Crippen LogP contribution in [0, 0.1) is 0 Å². The minimum absolute atomic E-state index is 0.256. The Kier molecular flexibility index (Phi) is 2.11. The molecule has 1 atom stereocenters. The Bertz CT molecular complexity index is 451. The van der Waals surface area contributed by atoms with Crippen LogP contribution in [0.3, 0.4) is 0 Å². The molecule has 0 aromatic heterocycles. The normalized spacial score (nSPS) is 23.3. The molecule has 1 heterocycles. The van der Waals surface area contributed by atoms with E-state index < -0.39 is 5.41 Å². The summed E-state index contributed by atoms with van der Waals surface area (Å²) < 4.78 is 4.84. The van der Waals surface area contributed by atoms with Crippen molar-refractivity contribution in [2.45, 2.75) is 19.3 Å². The number of carbonyl (C=O) groups is 1. The number of ether oxygens (including phenoxy) is 1. The third-order valence-electron chi connectivity index (χ3n) is 3.05. The van der Waals surface area contributed by atoms with Gasteiger partial charge in [-0.15, -0.1) is 0 Å². The maximum atomic E-state index is 11.8. The van der Waals surface area contributed by atoms with Crippen LogP contribution in [0.2, 0.25) is 0 Å². The number of aliphatic imine (C=N–C) groups is 1. The summed E-state index contributed by atoms with van der Waals surface area (Å²) in [7, 11) is 1.40. The summed E-state index contributed by atoms with van der Waals surface area (Å²) in [4.78, 5) is 16.2. The smallest absolute Gasteiger partial charge is 0.321 e. The minimum Gasteiger partial charge on any atom is -0.468 e. The predicted molar refractivity (Wildman–Crippen MR) is 58.6 cm³/mol. The van der Waals surface area contributed by atoms with E-state index in [9.17, 15) is 4.79 Å². The lowest BCUT2D eigenvalue weighted by molar-refractivity contribution is -0.144. The lowest BCUT2D eigenvalue weighted by atomic mass is 9.80. The van der Waals surface area contributed by atoms with Crippen LogP contribution < -0.4 is 0 Å². The number of fused-ring (bicyclic) bond motifs is 1. The number of carbonyl (C=O) groups excluding carboxylic acids is 1. The molecule has 1 unspecified atom stereocenters. The van der Waals surface area contributed by atoms with Gasteiger partial charge in [-0.2, -0.15) is 0 Å². The molecule has 1 aromatic carbocycles. The van der Waals surface area contributed by atoms with Crippen molar-refractivity contribution in [3.8, 4) is 0 Å². The molecule has 0 saturated heterocycles. The molecule has 3 nitrogen and oxygen atoms in total. The van der Waals surface area contributed by atoms with E-state index in [1.54, 1.807) is 0 Å². The maximum Gasteiger partial charge on any atom is 0.321 e. The SMILES string of the molecule is COC(=O)C1(C)C(C)=Nc2ccccc21. The van der Waals surface area contributed by atoms with Crippen LogP contribution in [0.15, 0.2) is 29.3 Å². The largest absolute Gasteiger partial charge is 0.468 e. The molecule has 1 aromatic rings. The van der Waals surface area contributed by atoms with E-state index in [0.29, 0.717) is 0 Å². The van der Waals surface area contributed by atoms with Gasteiger partial charge in [-0.25, -0.2) is 0 Å². The quantitative estimate of drug-likeness (QED) is 0.656. The Morgan fingerprint density at radius 2 is 2.07 bits per heavy atom. The highest BCUT2D eigenvalue weighted by Gasteiger charge is 2.44. The molecular formula is C12H13NO2. The molecule has 0 radical (unpaired) electrons. The zero-order valence-electron chi connectivity index (χ0n) is 9.07. The first kappa shape index (κ1) is 9.90. The molecule has 0 fully saturated rings. The lowest BCUT2D eigenvalue weighted by Crippen LogP contribution is -2.38. The van der Waals surface area contributed by atoms with E-state index in [2.05, 4.69) is 4.99 Å². The van der Waals surface area contributed by atoms with Crippen molar-refractivity contribution in [1.29, 1.82) is 0 Å². The molecule has 0 aliphatic carbocycles. The van der Waals surface area contributed by atoms with Gasteiger partial charge in [0.1, 0.15) is 5.41 Å². The standard InChI is InChI=1S/C12H13NO2/c1-8-12(2,11(14)15-3)9-6-4-5-7-10(9)13-8/h4-7H,1-3H3. The first-order chi connectivity index (χ1) is 7.10. The van der Waals surface area contributed by atoms with Gasteiger partial charge in [-0.1, -0.05) is 18.2 Å². The molecule has 78 valence electrons. The number of hydrogen-bond donors (Lipinski definition) is 0. The van der Waals surface area contributed by atoms with Crippen molar-refractivity contribution in [3.05, 3.63) is 29.8 Å². The van der Waals surface area contributed by atoms with Crippen LogP contribution in [0.1, 0.15) is 19.4 Å². The number of esters is 1. The molecule has 0 bridgehead atoms. The predicted octanol–water partition coefficient (Wildman–Crippen LogP) is 2.22. The fourth-order valence-electron chi connectivity index (χ4n) is 1.94. The molecule has 3 heteroatoms. The summed E-state index contributed by atoms with van der Waals surface area (Å²) in [5, 5.41) is 0. The van der Waals surface area contributed by atoms with Crippen LogP contribution in [0.4, 0.5) is 5.69 Å². The van der Waals surface area contributed by atoms with E-state index in [-0.39, 0.29) is 5.97 Å². The Morgan fingerprint density at radius 3 is 2.73 bits per heavy atom. The summed E-state index contributed by atoms with van der Waals surface area (Å²) >= 11 is 0. The molecule has 2 rings (SSSR count). The Labute approximate surface area is 88.8 Å². The van der Waals surface area contributed by atoms with E-state index >= 15 is 0 Å². The van der Waals surface area contributed by atoms with Crippen molar-refractivity contribution < 1.29 is 9.53 Å². The molecule has 1 aliphatic rings. The first-order valence-electron chi connectivity index (χ1n) is 4.84. The van der Waals surface area contributed by atoms with Crippen molar-refractivity contribution in [2.75, 3.05) is 7.11 Å². The van der Waals surface area contributed by atoms with Gasteiger partial charge in [0.15, 0.2) is 0 Å². The number of para-hydroxylation sites is 1. The molecule has 1 aliphatic heterocycles. The van der Waals surface area contributed by atoms with Gasteiger partial charge in [0, 0.05) is 11.3 Å². The van der Waals surface area contributed by atoms with Crippen molar-refractivity contribution in [3.63, 3.8) is 0 Å². The van der Waals surface area contributed by atoms with Gasteiger partial charge < -0.3 is 4.74 Å². The van der Waals surface area contributed by atoms with Crippen LogP contribution in [0.25, 0.3) is 0 Å². The number of benzene rings is 1. The molecule has 0 amide bonds. The summed E-state index contributed by atoms with van der Waals surface area (Å²) in [5.41, 5.74) is 1.86.